The van der Waals surface area contributed by atoms with Crippen LogP contribution >= 0.6 is 0 Å². The normalized spacial score (nSPS) is 17.1. The second-order valence-corrected chi connectivity index (χ2v) is 5.44. The predicted molar refractivity (Wildman–Crippen MR) is 82.7 cm³/mol. The molecule has 1 aliphatic heterocycles. The average Bonchev–Trinajstić information content (AvgIpc) is 2.56. The van der Waals surface area contributed by atoms with Gasteiger partial charge in [0.2, 0.25) is 0 Å². The third kappa shape index (κ3) is 1.98. The highest BCUT2D eigenvalue weighted by atomic mass is 19.1. The van der Waals surface area contributed by atoms with E-state index in [1.54, 1.807) is 12.1 Å². The third-order valence-corrected chi connectivity index (χ3v) is 4.11. The Balaban J connectivity index is 1.99. The zero-order valence-electron chi connectivity index (χ0n) is 11.8. The van der Waals surface area contributed by atoms with Crippen LogP contribution in [0.2, 0.25) is 0 Å². The minimum atomic E-state index is -0.407. The Kier molecular flexibility index (Phi) is 2.93. The van der Waals surface area contributed by atoms with Crippen LogP contribution in [0, 0.1) is 5.82 Å². The highest BCUT2D eigenvalue weighted by Crippen LogP contribution is 2.40. The van der Waals surface area contributed by atoms with E-state index in [-0.39, 0.29) is 18.2 Å². The van der Waals surface area contributed by atoms with Crippen molar-refractivity contribution < 1.29 is 13.9 Å². The number of Topliss-reactive ketones (excluding diaryl/α,β-unsaturated/α-hetero) is 1. The molecule has 0 saturated carbocycles. The van der Waals surface area contributed by atoms with E-state index in [0.29, 0.717) is 0 Å². The standard InChI is InChI=1S/C19H13FO2/c20-14-8-5-13(6-9-14)18-16(21)11-22-17-10-7-12-3-1-2-4-15(12)19(17)18/h1-10,18H,11H2. The molecule has 108 valence electrons. The van der Waals surface area contributed by atoms with Crippen LogP contribution in [0.5, 0.6) is 5.75 Å². The number of carbonyl (C=O) groups excluding carboxylic acids is 1. The van der Waals surface area contributed by atoms with Crippen molar-refractivity contribution in [2.75, 3.05) is 6.61 Å². The lowest BCUT2D eigenvalue weighted by Gasteiger charge is -2.26. The van der Waals surface area contributed by atoms with Gasteiger partial charge >= 0.3 is 0 Å². The zero-order valence-corrected chi connectivity index (χ0v) is 11.8. The van der Waals surface area contributed by atoms with Crippen LogP contribution in [0.25, 0.3) is 10.8 Å². The van der Waals surface area contributed by atoms with Gasteiger partial charge in [0.15, 0.2) is 5.78 Å². The van der Waals surface area contributed by atoms with Gasteiger partial charge in [-0.3, -0.25) is 4.79 Å². The lowest BCUT2D eigenvalue weighted by molar-refractivity contribution is -0.122. The molecule has 1 atom stereocenters. The Bertz CT molecular complexity index is 868. The third-order valence-electron chi connectivity index (χ3n) is 4.11. The summed E-state index contributed by atoms with van der Waals surface area (Å²) in [5.74, 6) is 0.0138. The first-order chi connectivity index (χ1) is 10.7. The SMILES string of the molecule is O=C1COc2ccc3ccccc3c2C1c1ccc(F)cc1. The number of carbonyl (C=O) groups is 1. The summed E-state index contributed by atoms with van der Waals surface area (Å²) >= 11 is 0. The van der Waals surface area contributed by atoms with Gasteiger partial charge in [0.1, 0.15) is 18.2 Å². The number of ether oxygens (including phenoxy) is 1. The number of hydrogen-bond acceptors (Lipinski definition) is 2. The van der Waals surface area contributed by atoms with Crippen LogP contribution in [0.15, 0.2) is 60.7 Å². The Labute approximate surface area is 127 Å². The first kappa shape index (κ1) is 13.0. The average molecular weight is 292 g/mol. The van der Waals surface area contributed by atoms with Crippen LogP contribution in [-0.4, -0.2) is 12.4 Å². The number of ketones is 1. The van der Waals surface area contributed by atoms with E-state index in [1.807, 2.05) is 36.4 Å². The summed E-state index contributed by atoms with van der Waals surface area (Å²) in [6, 6.07) is 17.9. The van der Waals surface area contributed by atoms with E-state index in [9.17, 15) is 9.18 Å². The highest BCUT2D eigenvalue weighted by Gasteiger charge is 2.31. The summed E-state index contributed by atoms with van der Waals surface area (Å²) in [6.07, 6.45) is 0. The maximum atomic E-state index is 13.2. The van der Waals surface area contributed by atoms with Crippen molar-refractivity contribution >= 4 is 16.6 Å². The lowest BCUT2D eigenvalue weighted by atomic mass is 9.83. The summed E-state index contributed by atoms with van der Waals surface area (Å²) in [7, 11) is 0. The van der Waals surface area contributed by atoms with Crippen molar-refractivity contribution in [3.05, 3.63) is 77.6 Å². The van der Waals surface area contributed by atoms with Gasteiger partial charge in [0, 0.05) is 5.56 Å². The number of fused-ring (bicyclic) bond motifs is 3. The van der Waals surface area contributed by atoms with Gasteiger partial charge in [0.05, 0.1) is 5.92 Å². The molecule has 0 bridgehead atoms. The van der Waals surface area contributed by atoms with Gasteiger partial charge in [-0.15, -0.1) is 0 Å². The molecule has 0 radical (unpaired) electrons. The molecule has 0 aliphatic carbocycles. The summed E-state index contributed by atoms with van der Waals surface area (Å²) < 4.78 is 18.8. The molecule has 3 aromatic carbocycles. The van der Waals surface area contributed by atoms with Crippen LogP contribution in [0.3, 0.4) is 0 Å². The van der Waals surface area contributed by atoms with Gasteiger partial charge in [0.25, 0.3) is 0 Å². The smallest absolute Gasteiger partial charge is 0.182 e. The quantitative estimate of drug-likeness (QED) is 0.675. The number of hydrogen-bond donors (Lipinski definition) is 0. The minimum Gasteiger partial charge on any atom is -0.485 e. The Morgan fingerprint density at radius 3 is 2.55 bits per heavy atom. The molecule has 0 saturated heterocycles. The van der Waals surface area contributed by atoms with Crippen molar-refractivity contribution in [2.24, 2.45) is 0 Å². The van der Waals surface area contributed by atoms with Crippen LogP contribution in [-0.2, 0) is 4.79 Å². The summed E-state index contributed by atoms with van der Waals surface area (Å²) in [6.45, 7) is 0.0490. The van der Waals surface area contributed by atoms with Gasteiger partial charge in [-0.05, 0) is 34.5 Å². The Hall–Kier alpha value is -2.68. The fraction of sp³-hybridized carbons (Fsp3) is 0.105. The molecular weight excluding hydrogens is 279 g/mol. The van der Waals surface area contributed by atoms with Gasteiger partial charge in [-0.2, -0.15) is 0 Å². The molecule has 4 rings (SSSR count). The topological polar surface area (TPSA) is 26.3 Å². The number of benzene rings is 3. The monoisotopic (exact) mass is 292 g/mol. The highest BCUT2D eigenvalue weighted by molar-refractivity contribution is 5.99. The lowest BCUT2D eigenvalue weighted by Crippen LogP contribution is -2.27. The van der Waals surface area contributed by atoms with Gasteiger partial charge < -0.3 is 4.74 Å². The molecule has 0 fully saturated rings. The van der Waals surface area contributed by atoms with E-state index in [4.69, 9.17) is 4.74 Å². The van der Waals surface area contributed by atoms with E-state index in [0.717, 1.165) is 27.6 Å². The van der Waals surface area contributed by atoms with Crippen molar-refractivity contribution in [3.8, 4) is 5.75 Å². The maximum Gasteiger partial charge on any atom is 0.182 e. The molecule has 0 N–H and O–H groups in total. The summed E-state index contributed by atoms with van der Waals surface area (Å²) in [4.78, 5) is 12.5. The molecule has 2 nitrogen and oxygen atoms in total. The molecule has 1 unspecified atom stereocenters. The first-order valence-corrected chi connectivity index (χ1v) is 7.16. The fourth-order valence-electron chi connectivity index (χ4n) is 3.10. The molecule has 0 amide bonds. The van der Waals surface area contributed by atoms with Gasteiger partial charge in [-0.1, -0.05) is 42.5 Å². The molecule has 3 heteroatoms. The maximum absolute atomic E-state index is 13.2. The van der Waals surface area contributed by atoms with Crippen LogP contribution in [0.4, 0.5) is 4.39 Å². The van der Waals surface area contributed by atoms with E-state index >= 15 is 0 Å². The Morgan fingerprint density at radius 1 is 0.955 bits per heavy atom. The predicted octanol–water partition coefficient (Wildman–Crippen LogP) is 4.07. The molecule has 22 heavy (non-hydrogen) atoms. The minimum absolute atomic E-state index is 0.00420. The largest absolute Gasteiger partial charge is 0.485 e. The Morgan fingerprint density at radius 2 is 1.73 bits per heavy atom. The number of halogens is 1. The summed E-state index contributed by atoms with van der Waals surface area (Å²) in [5, 5.41) is 2.06. The van der Waals surface area contributed by atoms with E-state index in [1.165, 1.54) is 12.1 Å². The molecular formula is C19H13FO2. The second-order valence-electron chi connectivity index (χ2n) is 5.44. The molecule has 3 aromatic rings. The van der Waals surface area contributed by atoms with Gasteiger partial charge in [-0.25, -0.2) is 4.39 Å². The van der Waals surface area contributed by atoms with E-state index < -0.39 is 5.92 Å². The molecule has 1 heterocycles. The van der Waals surface area contributed by atoms with E-state index in [2.05, 4.69) is 0 Å². The van der Waals surface area contributed by atoms with Crippen molar-refractivity contribution in [2.45, 2.75) is 5.92 Å². The first-order valence-electron chi connectivity index (χ1n) is 7.16. The van der Waals surface area contributed by atoms with Crippen molar-refractivity contribution in [1.82, 2.24) is 0 Å². The fourth-order valence-corrected chi connectivity index (χ4v) is 3.10. The zero-order chi connectivity index (χ0) is 15.1. The van der Waals surface area contributed by atoms with Crippen LogP contribution < -0.4 is 4.74 Å². The molecule has 1 aliphatic rings. The summed E-state index contributed by atoms with van der Waals surface area (Å²) in [5.41, 5.74) is 1.67. The molecule has 0 spiro atoms. The van der Waals surface area contributed by atoms with Crippen LogP contribution in [0.1, 0.15) is 17.0 Å². The second kappa shape index (κ2) is 4.95. The number of rotatable bonds is 1. The van der Waals surface area contributed by atoms with Crippen molar-refractivity contribution in [1.29, 1.82) is 0 Å². The van der Waals surface area contributed by atoms with Crippen molar-refractivity contribution in [3.63, 3.8) is 0 Å². The molecule has 0 aromatic heterocycles.